The summed E-state index contributed by atoms with van der Waals surface area (Å²) in [5.74, 6) is -0.981. The van der Waals surface area contributed by atoms with Crippen LogP contribution in [0.2, 0.25) is 0 Å². The van der Waals surface area contributed by atoms with Crippen molar-refractivity contribution in [1.82, 2.24) is 0 Å². The minimum Gasteiger partial charge on any atom is -0.393 e. The van der Waals surface area contributed by atoms with E-state index in [9.17, 15) is 9.59 Å². The molecule has 64 valence electrons. The van der Waals surface area contributed by atoms with Crippen molar-refractivity contribution in [3.05, 3.63) is 12.2 Å². The molecule has 2 rings (SSSR count). The maximum Gasteiger partial charge on any atom is 0.318 e. The molecular formula is C9H10O3. The molecule has 3 nitrogen and oxygen atoms in total. The van der Waals surface area contributed by atoms with Crippen molar-refractivity contribution in [2.45, 2.75) is 13.3 Å². The van der Waals surface area contributed by atoms with Gasteiger partial charge in [-0.2, -0.15) is 0 Å². The molecule has 1 saturated heterocycles. The molecule has 1 aliphatic heterocycles. The lowest BCUT2D eigenvalue weighted by Crippen LogP contribution is -2.25. The topological polar surface area (TPSA) is 43.4 Å². The molecule has 0 aromatic heterocycles. The molecule has 0 bridgehead atoms. The summed E-state index contributed by atoms with van der Waals surface area (Å²) in [6, 6.07) is 0. The summed E-state index contributed by atoms with van der Waals surface area (Å²) in [5.41, 5.74) is 0. The number of carbonyl (C=O) groups excluding carboxylic acids is 2. The van der Waals surface area contributed by atoms with Crippen LogP contribution in [0.3, 0.4) is 0 Å². The lowest BCUT2D eigenvalue weighted by Gasteiger charge is -2.20. The van der Waals surface area contributed by atoms with Gasteiger partial charge in [-0.15, -0.1) is 0 Å². The molecule has 0 amide bonds. The van der Waals surface area contributed by atoms with Crippen LogP contribution in [-0.2, 0) is 14.3 Å². The summed E-state index contributed by atoms with van der Waals surface area (Å²) in [5, 5.41) is 0. The minimum absolute atomic E-state index is 0.141. The number of allylic oxidation sites excluding steroid dienone is 2. The number of fused-ring (bicyclic) bond motifs is 1. The normalized spacial score (nSPS) is 39.6. The van der Waals surface area contributed by atoms with Gasteiger partial charge >= 0.3 is 11.9 Å². The highest BCUT2D eigenvalue weighted by atomic mass is 16.6. The minimum atomic E-state index is -0.346. The van der Waals surface area contributed by atoms with E-state index in [1.165, 1.54) is 0 Å². The second-order valence-corrected chi connectivity index (χ2v) is 3.40. The van der Waals surface area contributed by atoms with Crippen LogP contribution in [0.1, 0.15) is 13.3 Å². The average Bonchev–Trinajstić information content (AvgIpc) is 2.29. The molecule has 0 radical (unpaired) electrons. The van der Waals surface area contributed by atoms with E-state index in [1.54, 1.807) is 0 Å². The molecule has 0 spiro atoms. The van der Waals surface area contributed by atoms with Gasteiger partial charge in [-0.1, -0.05) is 19.1 Å². The molecule has 12 heavy (non-hydrogen) atoms. The third-order valence-electron chi connectivity index (χ3n) is 2.61. The van der Waals surface area contributed by atoms with Crippen molar-refractivity contribution >= 4 is 11.9 Å². The fourth-order valence-corrected chi connectivity index (χ4v) is 1.94. The van der Waals surface area contributed by atoms with Gasteiger partial charge in [0.1, 0.15) is 0 Å². The van der Waals surface area contributed by atoms with Crippen molar-refractivity contribution < 1.29 is 14.3 Å². The van der Waals surface area contributed by atoms with Crippen molar-refractivity contribution in [1.29, 1.82) is 0 Å². The molecule has 1 aliphatic carbocycles. The van der Waals surface area contributed by atoms with E-state index in [0.717, 1.165) is 0 Å². The molecule has 1 fully saturated rings. The first-order valence-corrected chi connectivity index (χ1v) is 4.12. The molecule has 0 N–H and O–H groups in total. The Balaban J connectivity index is 2.32. The summed E-state index contributed by atoms with van der Waals surface area (Å²) in [6.07, 6.45) is 4.58. The van der Waals surface area contributed by atoms with E-state index in [1.807, 2.05) is 19.1 Å². The van der Waals surface area contributed by atoms with Crippen LogP contribution >= 0.6 is 0 Å². The van der Waals surface area contributed by atoms with Gasteiger partial charge in [0.2, 0.25) is 0 Å². The Morgan fingerprint density at radius 3 is 2.83 bits per heavy atom. The molecule has 0 saturated carbocycles. The molecule has 2 aliphatic rings. The molecule has 0 aromatic carbocycles. The summed E-state index contributed by atoms with van der Waals surface area (Å²) in [7, 11) is 0. The van der Waals surface area contributed by atoms with Crippen LogP contribution in [0.15, 0.2) is 12.2 Å². The second-order valence-electron chi connectivity index (χ2n) is 3.40. The maximum absolute atomic E-state index is 11.2. The Kier molecular flexibility index (Phi) is 1.53. The van der Waals surface area contributed by atoms with Gasteiger partial charge < -0.3 is 4.74 Å². The van der Waals surface area contributed by atoms with Crippen LogP contribution in [0.25, 0.3) is 0 Å². The van der Waals surface area contributed by atoms with Gasteiger partial charge in [-0.25, -0.2) is 0 Å². The van der Waals surface area contributed by atoms with Crippen molar-refractivity contribution in [2.24, 2.45) is 17.8 Å². The van der Waals surface area contributed by atoms with Gasteiger partial charge in [0.15, 0.2) is 0 Å². The van der Waals surface area contributed by atoms with E-state index < -0.39 is 0 Å². The Bertz CT molecular complexity index is 267. The Morgan fingerprint density at radius 1 is 1.42 bits per heavy atom. The van der Waals surface area contributed by atoms with Gasteiger partial charge in [-0.05, 0) is 12.3 Å². The number of carbonyl (C=O) groups is 2. The Morgan fingerprint density at radius 2 is 2.17 bits per heavy atom. The first-order valence-electron chi connectivity index (χ1n) is 4.12. The molecule has 1 heterocycles. The molecule has 3 atom stereocenters. The quantitative estimate of drug-likeness (QED) is 0.305. The van der Waals surface area contributed by atoms with Crippen molar-refractivity contribution in [3.63, 3.8) is 0 Å². The predicted octanol–water partition coefficient (Wildman–Crippen LogP) is 0.898. The number of cyclic esters (lactones) is 2. The lowest BCUT2D eigenvalue weighted by atomic mass is 9.78. The zero-order chi connectivity index (χ0) is 8.72. The monoisotopic (exact) mass is 166 g/mol. The van der Waals surface area contributed by atoms with Crippen LogP contribution in [0.5, 0.6) is 0 Å². The first-order chi connectivity index (χ1) is 5.70. The highest BCUT2D eigenvalue weighted by Crippen LogP contribution is 2.36. The van der Waals surface area contributed by atoms with Crippen LogP contribution < -0.4 is 0 Å². The fraction of sp³-hybridized carbons (Fsp3) is 0.556. The highest BCUT2D eigenvalue weighted by Gasteiger charge is 2.46. The predicted molar refractivity (Wildman–Crippen MR) is 41.0 cm³/mol. The second kappa shape index (κ2) is 2.44. The van der Waals surface area contributed by atoms with E-state index in [4.69, 9.17) is 0 Å². The zero-order valence-corrected chi connectivity index (χ0v) is 6.82. The summed E-state index contributed by atoms with van der Waals surface area (Å²) in [6.45, 7) is 1.94. The summed E-state index contributed by atoms with van der Waals surface area (Å²) >= 11 is 0. The largest absolute Gasteiger partial charge is 0.393 e. The fourth-order valence-electron chi connectivity index (χ4n) is 1.94. The Hall–Kier alpha value is -1.12. The SMILES string of the molecule is C[C@@H]1C=CC[C@@H]2C(=O)OC(=O)[C@@H]12. The number of hydrogen-bond acceptors (Lipinski definition) is 3. The van der Waals surface area contributed by atoms with Gasteiger partial charge in [0.25, 0.3) is 0 Å². The third kappa shape index (κ3) is 0.891. The summed E-state index contributed by atoms with van der Waals surface area (Å²) < 4.78 is 4.56. The third-order valence-corrected chi connectivity index (χ3v) is 2.61. The molecule has 0 aromatic rings. The zero-order valence-electron chi connectivity index (χ0n) is 6.82. The standard InChI is InChI=1S/C9H10O3/c1-5-3-2-4-6-7(5)9(11)12-8(6)10/h2-3,5-7H,4H2,1H3/t5-,6+,7+/m1/s1. The van der Waals surface area contributed by atoms with Crippen LogP contribution in [0, 0.1) is 17.8 Å². The van der Waals surface area contributed by atoms with E-state index in [0.29, 0.717) is 6.42 Å². The number of hydrogen-bond donors (Lipinski definition) is 0. The molecule has 3 heteroatoms. The lowest BCUT2D eigenvalue weighted by molar-refractivity contribution is -0.153. The van der Waals surface area contributed by atoms with Crippen molar-refractivity contribution in [3.8, 4) is 0 Å². The van der Waals surface area contributed by atoms with E-state index in [-0.39, 0.29) is 29.7 Å². The number of rotatable bonds is 0. The van der Waals surface area contributed by atoms with Crippen LogP contribution in [0.4, 0.5) is 0 Å². The maximum atomic E-state index is 11.2. The smallest absolute Gasteiger partial charge is 0.318 e. The van der Waals surface area contributed by atoms with Crippen LogP contribution in [-0.4, -0.2) is 11.9 Å². The molecule has 0 unspecified atom stereocenters. The summed E-state index contributed by atoms with van der Waals surface area (Å²) in [4.78, 5) is 22.2. The van der Waals surface area contributed by atoms with E-state index >= 15 is 0 Å². The van der Waals surface area contributed by atoms with Gasteiger partial charge in [0.05, 0.1) is 11.8 Å². The highest BCUT2D eigenvalue weighted by molar-refractivity contribution is 5.97. The Labute approximate surface area is 70.4 Å². The number of esters is 2. The van der Waals surface area contributed by atoms with Crippen molar-refractivity contribution in [2.75, 3.05) is 0 Å². The van der Waals surface area contributed by atoms with E-state index in [2.05, 4.69) is 4.74 Å². The van der Waals surface area contributed by atoms with Gasteiger partial charge in [-0.3, -0.25) is 9.59 Å². The number of ether oxygens (including phenoxy) is 1. The average molecular weight is 166 g/mol. The molecular weight excluding hydrogens is 156 g/mol. The van der Waals surface area contributed by atoms with Gasteiger partial charge in [0, 0.05) is 0 Å². The first kappa shape index (κ1) is 7.53.